The minimum Gasteiger partial charge on any atom is -0.496 e. The fourth-order valence-corrected chi connectivity index (χ4v) is 6.31. The molecule has 0 saturated carbocycles. The molecule has 1 fully saturated rings. The molecule has 4 rings (SSSR count). The van der Waals surface area contributed by atoms with Gasteiger partial charge in [0.1, 0.15) is 17.4 Å². The number of aryl methyl sites for hydroxylation is 2. The van der Waals surface area contributed by atoms with E-state index in [1.807, 2.05) is 20.9 Å². The monoisotopic (exact) mass is 445 g/mol. The van der Waals surface area contributed by atoms with Crippen LogP contribution in [-0.4, -0.2) is 68.4 Å². The van der Waals surface area contributed by atoms with Crippen LogP contribution >= 0.6 is 0 Å². The van der Waals surface area contributed by atoms with Crippen molar-refractivity contribution in [3.63, 3.8) is 0 Å². The molecule has 1 aromatic carbocycles. The van der Waals surface area contributed by atoms with Gasteiger partial charge in [-0.15, -0.1) is 0 Å². The van der Waals surface area contributed by atoms with E-state index in [4.69, 9.17) is 14.7 Å². The van der Waals surface area contributed by atoms with Gasteiger partial charge in [-0.05, 0) is 50.6 Å². The van der Waals surface area contributed by atoms with Crippen molar-refractivity contribution in [1.29, 1.82) is 0 Å². The van der Waals surface area contributed by atoms with Crippen LogP contribution in [0.1, 0.15) is 40.5 Å². The van der Waals surface area contributed by atoms with E-state index in [0.717, 1.165) is 54.4 Å². The quantitative estimate of drug-likeness (QED) is 0.756. The summed E-state index contributed by atoms with van der Waals surface area (Å²) in [6.45, 7) is 6.33. The minimum absolute atomic E-state index is 0.00789. The zero-order chi connectivity index (χ0) is 22.3. The summed E-state index contributed by atoms with van der Waals surface area (Å²) >= 11 is 0. The molecule has 0 unspecified atom stereocenters. The Morgan fingerprint density at radius 3 is 2.65 bits per heavy atom. The number of sulfonamides is 1. The minimum atomic E-state index is -3.60. The zero-order valence-electron chi connectivity index (χ0n) is 18.9. The molecular formula is C22H31N5O3S. The van der Waals surface area contributed by atoms with Gasteiger partial charge in [-0.3, -0.25) is 0 Å². The first-order valence-electron chi connectivity index (χ1n) is 10.7. The molecule has 0 amide bonds. The lowest BCUT2D eigenvalue weighted by Crippen LogP contribution is -2.30. The Morgan fingerprint density at radius 1 is 1.16 bits per heavy atom. The number of nitrogens with zero attached hydrogens (tertiary/aromatic N) is 4. The second-order valence-electron chi connectivity index (χ2n) is 8.53. The maximum atomic E-state index is 13.4. The third kappa shape index (κ3) is 4.02. The fourth-order valence-electron chi connectivity index (χ4n) is 4.51. The van der Waals surface area contributed by atoms with Gasteiger partial charge in [0, 0.05) is 51.1 Å². The molecule has 1 N–H and O–H groups in total. The SMILES string of the molecule is CNc1nc([C@H]2CCN(S(=O)(=O)c3cc(C)c(OC)cc3C)C2)nc2c1CN(C)CC2. The van der Waals surface area contributed by atoms with Crippen molar-refractivity contribution in [2.24, 2.45) is 0 Å². The number of anilines is 1. The average molecular weight is 446 g/mol. The number of hydrogen-bond acceptors (Lipinski definition) is 7. The van der Waals surface area contributed by atoms with Crippen LogP contribution in [0.5, 0.6) is 5.75 Å². The van der Waals surface area contributed by atoms with Crippen LogP contribution in [-0.2, 0) is 23.0 Å². The van der Waals surface area contributed by atoms with Crippen molar-refractivity contribution < 1.29 is 13.2 Å². The standard InChI is InChI=1S/C22H31N5O3S/c1-14-11-20(15(2)10-19(14)30-5)31(28,29)27-9-6-16(12-27)21-24-18-7-8-26(4)13-17(18)22(23-3)25-21/h10-11,16H,6-9,12-13H2,1-5H3,(H,23,24,25)/t16-/m0/s1. The van der Waals surface area contributed by atoms with Gasteiger partial charge in [-0.1, -0.05) is 0 Å². The molecule has 8 nitrogen and oxygen atoms in total. The van der Waals surface area contributed by atoms with Crippen molar-refractivity contribution in [2.45, 2.75) is 44.0 Å². The Kier molecular flexibility index (Phi) is 5.93. The highest BCUT2D eigenvalue weighted by Gasteiger charge is 2.36. The lowest BCUT2D eigenvalue weighted by Gasteiger charge is -2.26. The van der Waals surface area contributed by atoms with Crippen LogP contribution in [0, 0.1) is 13.8 Å². The summed E-state index contributed by atoms with van der Waals surface area (Å²) in [6, 6.07) is 3.50. The summed E-state index contributed by atoms with van der Waals surface area (Å²) in [5.41, 5.74) is 3.73. The van der Waals surface area contributed by atoms with Gasteiger partial charge < -0.3 is 15.0 Å². The molecule has 0 radical (unpaired) electrons. The Labute approximate surface area is 184 Å². The summed E-state index contributed by atoms with van der Waals surface area (Å²) in [6.07, 6.45) is 1.60. The summed E-state index contributed by atoms with van der Waals surface area (Å²) in [7, 11) is 1.97. The number of rotatable bonds is 5. The molecule has 0 bridgehead atoms. The normalized spacial score (nSPS) is 20.0. The Balaban J connectivity index is 1.61. The van der Waals surface area contributed by atoms with E-state index in [1.165, 1.54) is 0 Å². The van der Waals surface area contributed by atoms with E-state index >= 15 is 0 Å². The number of aromatic nitrogens is 2. The Hall–Kier alpha value is -2.23. The number of ether oxygens (including phenoxy) is 1. The van der Waals surface area contributed by atoms with Gasteiger partial charge in [-0.25, -0.2) is 18.4 Å². The molecule has 0 aliphatic carbocycles. The van der Waals surface area contributed by atoms with Crippen LogP contribution in [0.3, 0.4) is 0 Å². The van der Waals surface area contributed by atoms with Crippen LogP contribution in [0.4, 0.5) is 5.82 Å². The molecule has 1 atom stereocenters. The maximum absolute atomic E-state index is 13.4. The molecule has 2 aliphatic heterocycles. The largest absolute Gasteiger partial charge is 0.496 e. The molecule has 1 saturated heterocycles. The van der Waals surface area contributed by atoms with E-state index in [0.29, 0.717) is 29.3 Å². The molecule has 3 heterocycles. The number of methoxy groups -OCH3 is 1. The van der Waals surface area contributed by atoms with E-state index in [1.54, 1.807) is 23.5 Å². The highest BCUT2D eigenvalue weighted by molar-refractivity contribution is 7.89. The number of fused-ring (bicyclic) bond motifs is 1. The summed E-state index contributed by atoms with van der Waals surface area (Å²) in [5.74, 6) is 2.29. The van der Waals surface area contributed by atoms with Crippen LogP contribution in [0.2, 0.25) is 0 Å². The lowest BCUT2D eigenvalue weighted by molar-refractivity contribution is 0.309. The molecule has 2 aromatic rings. The number of likely N-dealkylation sites (N-methyl/N-ethyl adjacent to an activating group) is 1. The van der Waals surface area contributed by atoms with E-state index in [2.05, 4.69) is 17.3 Å². The van der Waals surface area contributed by atoms with E-state index in [9.17, 15) is 8.42 Å². The molecule has 1 aromatic heterocycles. The van der Waals surface area contributed by atoms with Crippen LogP contribution in [0.25, 0.3) is 0 Å². The van der Waals surface area contributed by atoms with Crippen LogP contribution in [0.15, 0.2) is 17.0 Å². The topological polar surface area (TPSA) is 87.7 Å². The number of benzene rings is 1. The van der Waals surface area contributed by atoms with Crippen molar-refractivity contribution in [3.8, 4) is 5.75 Å². The van der Waals surface area contributed by atoms with Gasteiger partial charge in [-0.2, -0.15) is 4.31 Å². The molecule has 9 heteroatoms. The van der Waals surface area contributed by atoms with Gasteiger partial charge in [0.2, 0.25) is 10.0 Å². The maximum Gasteiger partial charge on any atom is 0.243 e. The Morgan fingerprint density at radius 2 is 1.94 bits per heavy atom. The molecule has 31 heavy (non-hydrogen) atoms. The second-order valence-corrected chi connectivity index (χ2v) is 10.4. The zero-order valence-corrected chi connectivity index (χ0v) is 19.7. The molecule has 0 spiro atoms. The van der Waals surface area contributed by atoms with Gasteiger partial charge in [0.15, 0.2) is 0 Å². The first-order valence-corrected chi connectivity index (χ1v) is 12.1. The number of hydrogen-bond donors (Lipinski definition) is 1. The molecule has 2 aliphatic rings. The first-order chi connectivity index (χ1) is 14.7. The highest BCUT2D eigenvalue weighted by atomic mass is 32.2. The molecule has 168 valence electrons. The third-order valence-electron chi connectivity index (χ3n) is 6.33. The Bertz CT molecular complexity index is 1090. The molecular weight excluding hydrogens is 414 g/mol. The highest BCUT2D eigenvalue weighted by Crippen LogP contribution is 2.34. The van der Waals surface area contributed by atoms with Crippen molar-refractivity contribution in [3.05, 3.63) is 40.3 Å². The van der Waals surface area contributed by atoms with Crippen molar-refractivity contribution in [2.75, 3.05) is 46.2 Å². The van der Waals surface area contributed by atoms with E-state index in [-0.39, 0.29) is 5.92 Å². The number of nitrogens with one attached hydrogen (secondary N) is 1. The second kappa shape index (κ2) is 8.37. The average Bonchev–Trinajstić information content (AvgIpc) is 3.25. The lowest BCUT2D eigenvalue weighted by atomic mass is 10.0. The van der Waals surface area contributed by atoms with Gasteiger partial charge in [0.25, 0.3) is 0 Å². The predicted molar refractivity (Wildman–Crippen MR) is 120 cm³/mol. The fraction of sp³-hybridized carbons (Fsp3) is 0.545. The summed E-state index contributed by atoms with van der Waals surface area (Å²) in [4.78, 5) is 12.2. The van der Waals surface area contributed by atoms with Crippen LogP contribution < -0.4 is 10.1 Å². The first kappa shape index (κ1) is 22.0. The summed E-state index contributed by atoms with van der Waals surface area (Å²) < 4.78 is 33.7. The van der Waals surface area contributed by atoms with Crippen molar-refractivity contribution >= 4 is 15.8 Å². The predicted octanol–water partition coefficient (Wildman–Crippen LogP) is 2.31. The summed E-state index contributed by atoms with van der Waals surface area (Å²) in [5, 5.41) is 3.21. The van der Waals surface area contributed by atoms with Gasteiger partial charge in [0.05, 0.1) is 17.7 Å². The van der Waals surface area contributed by atoms with Gasteiger partial charge >= 0.3 is 0 Å². The third-order valence-corrected chi connectivity index (χ3v) is 8.34. The smallest absolute Gasteiger partial charge is 0.243 e. The van der Waals surface area contributed by atoms with E-state index < -0.39 is 10.0 Å². The van der Waals surface area contributed by atoms with Crippen molar-refractivity contribution in [1.82, 2.24) is 19.2 Å².